The van der Waals surface area contributed by atoms with E-state index in [0.29, 0.717) is 0 Å². The number of nitrogens with zero attached hydrogens (tertiary/aromatic N) is 2. The molecule has 0 unspecified atom stereocenters. The van der Waals surface area contributed by atoms with E-state index in [2.05, 4.69) is 65.6 Å². The highest BCUT2D eigenvalue weighted by Gasteiger charge is 2.13. The Kier molecular flexibility index (Phi) is 5.36. The Morgan fingerprint density at radius 3 is 2.52 bits per heavy atom. The summed E-state index contributed by atoms with van der Waals surface area (Å²) in [5.74, 6) is 1.65. The second kappa shape index (κ2) is 7.04. The quantitative estimate of drug-likeness (QED) is 0.500. The third-order valence-electron chi connectivity index (χ3n) is 2.95. The first kappa shape index (κ1) is 16.0. The van der Waals surface area contributed by atoms with Crippen molar-refractivity contribution in [2.45, 2.75) is 26.3 Å². The van der Waals surface area contributed by atoms with Crippen molar-refractivity contribution in [3.05, 3.63) is 24.3 Å². The van der Waals surface area contributed by atoms with Gasteiger partial charge in [-0.25, -0.2) is 0 Å². The van der Waals surface area contributed by atoms with E-state index in [1.807, 2.05) is 0 Å². The van der Waals surface area contributed by atoms with E-state index in [1.54, 1.807) is 7.05 Å². The highest BCUT2D eigenvalue weighted by Crippen LogP contribution is 2.22. The molecule has 1 aromatic rings. The summed E-state index contributed by atoms with van der Waals surface area (Å²) < 4.78 is 5.30. The summed E-state index contributed by atoms with van der Waals surface area (Å²) in [6.07, 6.45) is 0. The van der Waals surface area contributed by atoms with Gasteiger partial charge in [0.1, 0.15) is 0 Å². The number of rotatable bonds is 2. The zero-order valence-electron chi connectivity index (χ0n) is 13.1. The molecule has 1 aliphatic heterocycles. The van der Waals surface area contributed by atoms with E-state index in [4.69, 9.17) is 4.18 Å². The molecular formula is C15H24N4OS. The fraction of sp³-hybridized carbons (Fsp3) is 0.533. The average molecular weight is 308 g/mol. The van der Waals surface area contributed by atoms with Crippen molar-refractivity contribution in [3.8, 4) is 0 Å². The molecule has 0 atom stereocenters. The van der Waals surface area contributed by atoms with E-state index < -0.39 is 0 Å². The van der Waals surface area contributed by atoms with Crippen molar-refractivity contribution in [2.24, 2.45) is 4.99 Å². The maximum absolute atomic E-state index is 5.30. The zero-order chi connectivity index (χ0) is 15.3. The summed E-state index contributed by atoms with van der Waals surface area (Å²) in [7, 11) is 1.78. The van der Waals surface area contributed by atoms with Gasteiger partial charge in [-0.3, -0.25) is 4.99 Å². The van der Waals surface area contributed by atoms with Gasteiger partial charge in [-0.1, -0.05) is 0 Å². The number of guanidine groups is 1. The Morgan fingerprint density at radius 1 is 1.29 bits per heavy atom. The standard InChI is InChI=1S/C15H24N4OS/c1-15(2,3)18-14(16-4)17-12-5-7-13(8-6-12)19-9-10-20-21-11-19/h5-8H,9-11H2,1-4H3,(H2,16,17,18). The molecule has 0 aliphatic carbocycles. The molecule has 116 valence electrons. The van der Waals surface area contributed by atoms with Crippen LogP contribution in [0, 0.1) is 0 Å². The van der Waals surface area contributed by atoms with E-state index >= 15 is 0 Å². The first-order valence-electron chi connectivity index (χ1n) is 7.09. The Balaban J connectivity index is 1.98. The highest BCUT2D eigenvalue weighted by molar-refractivity contribution is 7.94. The van der Waals surface area contributed by atoms with Crippen LogP contribution in [-0.4, -0.2) is 37.6 Å². The van der Waals surface area contributed by atoms with Crippen molar-refractivity contribution in [3.63, 3.8) is 0 Å². The topological polar surface area (TPSA) is 48.9 Å². The fourth-order valence-corrected chi connectivity index (χ4v) is 2.64. The predicted molar refractivity (Wildman–Crippen MR) is 92.1 cm³/mol. The summed E-state index contributed by atoms with van der Waals surface area (Å²) in [5.41, 5.74) is 2.22. The molecule has 6 heteroatoms. The molecule has 0 aromatic heterocycles. The van der Waals surface area contributed by atoms with Crippen LogP contribution >= 0.6 is 12.0 Å². The van der Waals surface area contributed by atoms with Gasteiger partial charge in [0.2, 0.25) is 0 Å². The normalized spacial score (nSPS) is 16.8. The van der Waals surface area contributed by atoms with Crippen LogP contribution in [-0.2, 0) is 4.18 Å². The summed E-state index contributed by atoms with van der Waals surface area (Å²) in [4.78, 5) is 6.55. The number of anilines is 2. The lowest BCUT2D eigenvalue weighted by Crippen LogP contribution is -2.44. The number of aliphatic imine (C=N–C) groups is 1. The number of benzene rings is 1. The molecule has 5 nitrogen and oxygen atoms in total. The number of hydrogen-bond acceptors (Lipinski definition) is 4. The monoisotopic (exact) mass is 308 g/mol. The molecule has 1 saturated heterocycles. The highest BCUT2D eigenvalue weighted by atomic mass is 32.2. The molecule has 2 N–H and O–H groups in total. The SMILES string of the molecule is CN=C(Nc1ccc(N2CCOSC2)cc1)NC(C)(C)C. The van der Waals surface area contributed by atoms with Crippen LogP contribution in [0.15, 0.2) is 29.3 Å². The minimum Gasteiger partial charge on any atom is -0.358 e. The largest absolute Gasteiger partial charge is 0.358 e. The van der Waals surface area contributed by atoms with Crippen LogP contribution in [0.25, 0.3) is 0 Å². The van der Waals surface area contributed by atoms with Crippen LogP contribution in [0.4, 0.5) is 11.4 Å². The molecule has 1 aliphatic rings. The van der Waals surface area contributed by atoms with E-state index in [-0.39, 0.29) is 5.54 Å². The predicted octanol–water partition coefficient (Wildman–Crippen LogP) is 2.91. The van der Waals surface area contributed by atoms with Gasteiger partial charge < -0.3 is 19.7 Å². The zero-order valence-corrected chi connectivity index (χ0v) is 14.0. The summed E-state index contributed by atoms with van der Waals surface area (Å²) in [5, 5.41) is 6.65. The second-order valence-electron chi connectivity index (χ2n) is 5.95. The average Bonchev–Trinajstić information content (AvgIpc) is 2.47. The van der Waals surface area contributed by atoms with Gasteiger partial charge in [-0.15, -0.1) is 0 Å². The molecule has 2 rings (SSSR count). The molecule has 0 saturated carbocycles. The van der Waals surface area contributed by atoms with Crippen LogP contribution < -0.4 is 15.5 Å². The van der Waals surface area contributed by atoms with Crippen molar-refractivity contribution in [1.82, 2.24) is 5.32 Å². The van der Waals surface area contributed by atoms with Crippen LogP contribution in [0.2, 0.25) is 0 Å². The smallest absolute Gasteiger partial charge is 0.195 e. The summed E-state index contributed by atoms with van der Waals surface area (Å²) in [6, 6.07) is 8.40. The molecule has 0 bridgehead atoms. The Labute approximate surface area is 131 Å². The number of hydrogen-bond donors (Lipinski definition) is 2. The minimum absolute atomic E-state index is 0.0210. The number of nitrogens with one attached hydrogen (secondary N) is 2. The second-order valence-corrected chi connectivity index (χ2v) is 6.68. The summed E-state index contributed by atoms with van der Waals surface area (Å²) >= 11 is 1.50. The lowest BCUT2D eigenvalue weighted by molar-refractivity contribution is 0.367. The van der Waals surface area contributed by atoms with Gasteiger partial charge >= 0.3 is 0 Å². The molecule has 1 heterocycles. The van der Waals surface area contributed by atoms with Gasteiger partial charge in [0.25, 0.3) is 0 Å². The van der Waals surface area contributed by atoms with Gasteiger partial charge in [0.05, 0.1) is 12.5 Å². The third-order valence-corrected chi connectivity index (χ3v) is 3.70. The molecular weight excluding hydrogens is 284 g/mol. The van der Waals surface area contributed by atoms with Gasteiger partial charge in [0.15, 0.2) is 5.96 Å². The van der Waals surface area contributed by atoms with Crippen molar-refractivity contribution >= 4 is 29.4 Å². The molecule has 0 radical (unpaired) electrons. The van der Waals surface area contributed by atoms with Gasteiger partial charge in [-0.05, 0) is 45.0 Å². The van der Waals surface area contributed by atoms with Crippen molar-refractivity contribution in [1.29, 1.82) is 0 Å². The van der Waals surface area contributed by atoms with Gasteiger partial charge in [0, 0.05) is 42.5 Å². The van der Waals surface area contributed by atoms with Crippen LogP contribution in [0.1, 0.15) is 20.8 Å². The maximum Gasteiger partial charge on any atom is 0.195 e. The van der Waals surface area contributed by atoms with Crippen molar-refractivity contribution < 1.29 is 4.18 Å². The van der Waals surface area contributed by atoms with E-state index in [0.717, 1.165) is 30.7 Å². The first-order chi connectivity index (χ1) is 9.98. The van der Waals surface area contributed by atoms with E-state index in [1.165, 1.54) is 17.7 Å². The maximum atomic E-state index is 5.30. The van der Waals surface area contributed by atoms with Crippen LogP contribution in [0.5, 0.6) is 0 Å². The first-order valence-corrected chi connectivity index (χ1v) is 8.00. The van der Waals surface area contributed by atoms with Gasteiger partial charge in [-0.2, -0.15) is 0 Å². The molecule has 0 amide bonds. The molecule has 1 fully saturated rings. The Bertz CT molecular complexity index is 475. The Hall–Kier alpha value is -1.40. The van der Waals surface area contributed by atoms with Crippen LogP contribution in [0.3, 0.4) is 0 Å². The lowest BCUT2D eigenvalue weighted by Gasteiger charge is -2.28. The summed E-state index contributed by atoms with van der Waals surface area (Å²) in [6.45, 7) is 8.04. The van der Waals surface area contributed by atoms with Crippen molar-refractivity contribution in [2.75, 3.05) is 36.3 Å². The third kappa shape index (κ3) is 5.13. The molecule has 0 spiro atoms. The molecule has 1 aromatic carbocycles. The molecule has 21 heavy (non-hydrogen) atoms. The van der Waals surface area contributed by atoms with E-state index in [9.17, 15) is 0 Å². The fourth-order valence-electron chi connectivity index (χ4n) is 1.97. The Morgan fingerprint density at radius 2 is 2.00 bits per heavy atom. The lowest BCUT2D eigenvalue weighted by atomic mass is 10.1. The minimum atomic E-state index is -0.0210.